The molecule has 0 atom stereocenters. The number of phenols is 1. The quantitative estimate of drug-likeness (QED) is 0.342. The number of anilines is 1. The first-order valence-corrected chi connectivity index (χ1v) is 10.3. The average molecular weight is 395 g/mol. The molecule has 0 saturated heterocycles. The van der Waals surface area contributed by atoms with Crippen molar-refractivity contribution >= 4 is 17.6 Å². The SMILES string of the molecule is CCNC(=NCC(=O)Nc1ccc(O)cc1)NC1CCC(c2ccccc2)CC1. The molecular weight excluding hydrogens is 364 g/mol. The Kier molecular flexibility index (Phi) is 7.50. The van der Waals surface area contributed by atoms with Gasteiger partial charge in [0.15, 0.2) is 5.96 Å². The second-order valence-corrected chi connectivity index (χ2v) is 7.39. The standard InChI is InChI=1S/C23H30N4O2/c1-2-24-23(25-16-22(29)26-19-12-14-21(28)15-13-19)27-20-10-8-18(9-11-20)17-6-4-3-5-7-17/h3-7,12-15,18,20,28H,2,8-11,16H2,1H3,(H,26,29)(H2,24,25,27). The summed E-state index contributed by atoms with van der Waals surface area (Å²) in [4.78, 5) is 16.6. The molecule has 0 aromatic heterocycles. The molecule has 2 aromatic rings. The van der Waals surface area contributed by atoms with Crippen LogP contribution in [0.3, 0.4) is 0 Å². The van der Waals surface area contributed by atoms with Gasteiger partial charge in [0.25, 0.3) is 0 Å². The predicted octanol–water partition coefficient (Wildman–Crippen LogP) is 3.61. The first-order chi connectivity index (χ1) is 14.1. The minimum Gasteiger partial charge on any atom is -0.508 e. The van der Waals surface area contributed by atoms with Crippen LogP contribution in [0.1, 0.15) is 44.1 Å². The number of aromatic hydroxyl groups is 1. The average Bonchev–Trinajstić information content (AvgIpc) is 2.75. The lowest BCUT2D eigenvalue weighted by atomic mass is 9.82. The van der Waals surface area contributed by atoms with E-state index in [4.69, 9.17) is 0 Å². The Morgan fingerprint density at radius 3 is 2.38 bits per heavy atom. The Morgan fingerprint density at radius 1 is 1.03 bits per heavy atom. The number of amides is 1. The van der Waals surface area contributed by atoms with Gasteiger partial charge < -0.3 is 21.1 Å². The molecule has 1 amide bonds. The fourth-order valence-corrected chi connectivity index (χ4v) is 3.71. The largest absolute Gasteiger partial charge is 0.508 e. The highest BCUT2D eigenvalue weighted by Crippen LogP contribution is 2.32. The number of guanidine groups is 1. The lowest BCUT2D eigenvalue weighted by Crippen LogP contribution is -2.45. The van der Waals surface area contributed by atoms with Crippen LogP contribution in [-0.2, 0) is 4.79 Å². The Hall–Kier alpha value is -3.02. The fraction of sp³-hybridized carbons (Fsp3) is 0.391. The van der Waals surface area contributed by atoms with E-state index in [1.54, 1.807) is 12.1 Å². The van der Waals surface area contributed by atoms with Gasteiger partial charge in [0.05, 0.1) is 0 Å². The lowest BCUT2D eigenvalue weighted by molar-refractivity contribution is -0.114. The van der Waals surface area contributed by atoms with Crippen molar-refractivity contribution in [1.29, 1.82) is 0 Å². The minimum absolute atomic E-state index is 0.0373. The highest BCUT2D eigenvalue weighted by Gasteiger charge is 2.22. The molecule has 0 unspecified atom stereocenters. The van der Waals surface area contributed by atoms with Crippen molar-refractivity contribution in [1.82, 2.24) is 10.6 Å². The molecule has 3 rings (SSSR count). The van der Waals surface area contributed by atoms with Crippen LogP contribution in [0, 0.1) is 0 Å². The van der Waals surface area contributed by atoms with E-state index >= 15 is 0 Å². The second kappa shape index (κ2) is 10.5. The van der Waals surface area contributed by atoms with Gasteiger partial charge in [0.2, 0.25) is 5.91 Å². The smallest absolute Gasteiger partial charge is 0.246 e. The Morgan fingerprint density at radius 2 is 1.72 bits per heavy atom. The van der Waals surface area contributed by atoms with Crippen LogP contribution in [0.5, 0.6) is 5.75 Å². The summed E-state index contributed by atoms with van der Waals surface area (Å²) in [6.45, 7) is 2.79. The van der Waals surface area contributed by atoms with Gasteiger partial charge in [0.1, 0.15) is 12.3 Å². The Labute approximate surface area is 172 Å². The number of nitrogens with one attached hydrogen (secondary N) is 3. The molecule has 6 nitrogen and oxygen atoms in total. The molecule has 29 heavy (non-hydrogen) atoms. The normalized spacial score (nSPS) is 19.4. The van der Waals surface area contributed by atoms with E-state index in [-0.39, 0.29) is 18.2 Å². The predicted molar refractivity (Wildman–Crippen MR) is 117 cm³/mol. The van der Waals surface area contributed by atoms with Crippen molar-refractivity contribution < 1.29 is 9.90 Å². The summed E-state index contributed by atoms with van der Waals surface area (Å²) in [7, 11) is 0. The maximum absolute atomic E-state index is 12.2. The number of phenolic OH excluding ortho intramolecular Hbond substituents is 1. The number of benzene rings is 2. The molecule has 1 saturated carbocycles. The van der Waals surface area contributed by atoms with Gasteiger partial charge >= 0.3 is 0 Å². The number of rotatable bonds is 6. The van der Waals surface area contributed by atoms with E-state index < -0.39 is 0 Å². The highest BCUT2D eigenvalue weighted by atomic mass is 16.3. The lowest BCUT2D eigenvalue weighted by Gasteiger charge is -2.30. The molecule has 1 aliphatic carbocycles. The van der Waals surface area contributed by atoms with Crippen LogP contribution in [0.2, 0.25) is 0 Å². The van der Waals surface area contributed by atoms with E-state index in [0.29, 0.717) is 23.6 Å². The summed E-state index contributed by atoms with van der Waals surface area (Å²) in [5.74, 6) is 1.28. The zero-order valence-electron chi connectivity index (χ0n) is 16.9. The van der Waals surface area contributed by atoms with E-state index in [1.807, 2.05) is 6.92 Å². The summed E-state index contributed by atoms with van der Waals surface area (Å²) in [6, 6.07) is 17.5. The summed E-state index contributed by atoms with van der Waals surface area (Å²) in [5, 5.41) is 18.8. The van der Waals surface area contributed by atoms with Crippen molar-refractivity contribution in [3.63, 3.8) is 0 Å². The number of carbonyl (C=O) groups is 1. The van der Waals surface area contributed by atoms with Crippen LogP contribution in [0.4, 0.5) is 5.69 Å². The number of carbonyl (C=O) groups excluding carboxylic acids is 1. The maximum atomic E-state index is 12.2. The van der Waals surface area contributed by atoms with Crippen LogP contribution in [0.15, 0.2) is 59.6 Å². The van der Waals surface area contributed by atoms with Crippen LogP contribution in [0.25, 0.3) is 0 Å². The molecule has 1 aliphatic rings. The van der Waals surface area contributed by atoms with Gasteiger partial charge in [-0.1, -0.05) is 30.3 Å². The minimum atomic E-state index is -0.194. The highest BCUT2D eigenvalue weighted by molar-refractivity contribution is 5.94. The van der Waals surface area contributed by atoms with Crippen molar-refractivity contribution in [2.45, 2.75) is 44.6 Å². The van der Waals surface area contributed by atoms with Crippen molar-refractivity contribution in [2.24, 2.45) is 4.99 Å². The first-order valence-electron chi connectivity index (χ1n) is 10.3. The summed E-state index contributed by atoms with van der Waals surface area (Å²) >= 11 is 0. The Bertz CT molecular complexity index is 797. The van der Waals surface area contributed by atoms with Crippen molar-refractivity contribution in [3.05, 3.63) is 60.2 Å². The van der Waals surface area contributed by atoms with Gasteiger partial charge in [-0.25, -0.2) is 4.99 Å². The van der Waals surface area contributed by atoms with Crippen LogP contribution < -0.4 is 16.0 Å². The van der Waals surface area contributed by atoms with E-state index in [9.17, 15) is 9.90 Å². The molecule has 0 aliphatic heterocycles. The van der Waals surface area contributed by atoms with E-state index in [0.717, 1.165) is 32.2 Å². The maximum Gasteiger partial charge on any atom is 0.246 e. The molecule has 154 valence electrons. The molecule has 2 aromatic carbocycles. The zero-order valence-corrected chi connectivity index (χ0v) is 16.9. The number of hydrogen-bond acceptors (Lipinski definition) is 3. The first kappa shape index (κ1) is 20.7. The molecule has 0 heterocycles. The molecule has 1 fully saturated rings. The summed E-state index contributed by atoms with van der Waals surface area (Å²) in [6.07, 6.45) is 4.48. The second-order valence-electron chi connectivity index (χ2n) is 7.39. The van der Waals surface area contributed by atoms with E-state index in [2.05, 4.69) is 51.3 Å². The monoisotopic (exact) mass is 394 g/mol. The third kappa shape index (κ3) is 6.52. The third-order valence-corrected chi connectivity index (χ3v) is 5.22. The number of hydrogen-bond donors (Lipinski definition) is 4. The van der Waals surface area contributed by atoms with Gasteiger partial charge in [0, 0.05) is 18.3 Å². The van der Waals surface area contributed by atoms with Crippen LogP contribution in [-0.4, -0.2) is 36.1 Å². The van der Waals surface area contributed by atoms with Gasteiger partial charge in [-0.15, -0.1) is 0 Å². The topological polar surface area (TPSA) is 85.8 Å². The van der Waals surface area contributed by atoms with Gasteiger partial charge in [-0.2, -0.15) is 0 Å². The molecular formula is C23H30N4O2. The number of aliphatic imine (C=N–C) groups is 1. The Balaban J connectivity index is 1.49. The van der Waals surface area contributed by atoms with Crippen molar-refractivity contribution in [2.75, 3.05) is 18.4 Å². The molecule has 0 bridgehead atoms. The summed E-state index contributed by atoms with van der Waals surface area (Å²) < 4.78 is 0. The summed E-state index contributed by atoms with van der Waals surface area (Å²) in [5.41, 5.74) is 2.07. The third-order valence-electron chi connectivity index (χ3n) is 5.22. The van der Waals surface area contributed by atoms with Crippen LogP contribution >= 0.6 is 0 Å². The van der Waals surface area contributed by atoms with E-state index in [1.165, 1.54) is 17.7 Å². The fourth-order valence-electron chi connectivity index (χ4n) is 3.71. The van der Waals surface area contributed by atoms with Gasteiger partial charge in [-0.05, 0) is 68.4 Å². The zero-order chi connectivity index (χ0) is 20.5. The molecule has 4 N–H and O–H groups in total. The van der Waals surface area contributed by atoms with Gasteiger partial charge in [-0.3, -0.25) is 4.79 Å². The molecule has 6 heteroatoms. The number of nitrogens with zero attached hydrogens (tertiary/aromatic N) is 1. The molecule has 0 radical (unpaired) electrons. The van der Waals surface area contributed by atoms with Crippen molar-refractivity contribution in [3.8, 4) is 5.75 Å². The molecule has 0 spiro atoms.